The van der Waals surface area contributed by atoms with Gasteiger partial charge in [-0.1, -0.05) is 23.7 Å². The summed E-state index contributed by atoms with van der Waals surface area (Å²) in [5.41, 5.74) is 4.40. The van der Waals surface area contributed by atoms with Crippen LogP contribution in [0.3, 0.4) is 0 Å². The maximum Gasteiger partial charge on any atom is 0.262 e. The lowest BCUT2D eigenvalue weighted by molar-refractivity contribution is 0.190. The summed E-state index contributed by atoms with van der Waals surface area (Å²) in [4.78, 5) is 17.4. The van der Waals surface area contributed by atoms with Gasteiger partial charge in [0.15, 0.2) is 0 Å². The SMILES string of the molecule is COCCCn1c(N/N=C(/C)c2ccc(F)cc2Cl)nc2ccccc2c1=O. The topological polar surface area (TPSA) is 68.5 Å². The molecule has 0 saturated carbocycles. The van der Waals surface area contributed by atoms with Gasteiger partial charge in [-0.2, -0.15) is 5.10 Å². The fourth-order valence-corrected chi connectivity index (χ4v) is 3.11. The van der Waals surface area contributed by atoms with E-state index in [1.165, 1.54) is 16.7 Å². The van der Waals surface area contributed by atoms with Crippen molar-refractivity contribution in [2.45, 2.75) is 19.9 Å². The zero-order valence-corrected chi connectivity index (χ0v) is 16.3. The third kappa shape index (κ3) is 4.37. The first-order valence-electron chi connectivity index (χ1n) is 8.75. The molecule has 0 aliphatic rings. The van der Waals surface area contributed by atoms with Crippen molar-refractivity contribution in [1.29, 1.82) is 0 Å². The summed E-state index contributed by atoms with van der Waals surface area (Å²) >= 11 is 6.09. The van der Waals surface area contributed by atoms with Gasteiger partial charge in [0.25, 0.3) is 5.56 Å². The van der Waals surface area contributed by atoms with Gasteiger partial charge < -0.3 is 4.74 Å². The number of hydrazone groups is 1. The number of para-hydroxylation sites is 1. The smallest absolute Gasteiger partial charge is 0.262 e. The summed E-state index contributed by atoms with van der Waals surface area (Å²) in [6, 6.07) is 11.2. The van der Waals surface area contributed by atoms with Crippen molar-refractivity contribution < 1.29 is 9.13 Å². The first kappa shape index (κ1) is 20.0. The lowest BCUT2D eigenvalue weighted by Gasteiger charge is -2.13. The number of ether oxygens (including phenoxy) is 1. The molecule has 6 nitrogen and oxygen atoms in total. The standard InChI is InChI=1S/C20H20ClFN4O2/c1-13(15-9-8-14(22)12-17(15)21)24-25-20-23-18-7-4-3-6-16(18)19(27)26(20)10-5-11-28-2/h3-4,6-9,12H,5,10-11H2,1-2H3,(H,23,25)/b24-13-. The van der Waals surface area contributed by atoms with Crippen molar-refractivity contribution >= 4 is 34.2 Å². The van der Waals surface area contributed by atoms with Crippen LogP contribution in [0.5, 0.6) is 0 Å². The fourth-order valence-electron chi connectivity index (χ4n) is 2.80. The Morgan fingerprint density at radius 3 is 2.86 bits per heavy atom. The number of anilines is 1. The Bertz CT molecular complexity index is 1080. The molecule has 2 aromatic carbocycles. The van der Waals surface area contributed by atoms with E-state index in [4.69, 9.17) is 16.3 Å². The van der Waals surface area contributed by atoms with Crippen molar-refractivity contribution in [3.05, 3.63) is 69.2 Å². The second-order valence-electron chi connectivity index (χ2n) is 6.19. The van der Waals surface area contributed by atoms with Crippen LogP contribution in [0.25, 0.3) is 10.9 Å². The largest absolute Gasteiger partial charge is 0.385 e. The summed E-state index contributed by atoms with van der Waals surface area (Å²) in [5, 5.41) is 5.09. The van der Waals surface area contributed by atoms with E-state index in [2.05, 4.69) is 15.5 Å². The molecule has 0 aliphatic heterocycles. The van der Waals surface area contributed by atoms with Gasteiger partial charge in [-0.3, -0.25) is 9.36 Å². The van der Waals surface area contributed by atoms with Gasteiger partial charge in [-0.15, -0.1) is 0 Å². The predicted octanol–water partition coefficient (Wildman–Crippen LogP) is 4.06. The summed E-state index contributed by atoms with van der Waals surface area (Å²) in [6.45, 7) is 2.69. The molecule has 0 spiro atoms. The average molecular weight is 403 g/mol. The van der Waals surface area contributed by atoms with E-state index in [0.29, 0.717) is 47.7 Å². The van der Waals surface area contributed by atoms with Gasteiger partial charge in [0.2, 0.25) is 5.95 Å². The molecule has 0 atom stereocenters. The summed E-state index contributed by atoms with van der Waals surface area (Å²) in [5.74, 6) is -0.102. The molecule has 0 fully saturated rings. The van der Waals surface area contributed by atoms with Gasteiger partial charge in [-0.05, 0) is 43.7 Å². The molecular weight excluding hydrogens is 383 g/mol. The summed E-state index contributed by atoms with van der Waals surface area (Å²) < 4.78 is 19.9. The first-order chi connectivity index (χ1) is 13.5. The Labute approximate surface area is 166 Å². The van der Waals surface area contributed by atoms with Crippen LogP contribution in [0, 0.1) is 5.82 Å². The zero-order valence-electron chi connectivity index (χ0n) is 15.6. The third-order valence-corrected chi connectivity index (χ3v) is 4.55. The number of halogens is 2. The van der Waals surface area contributed by atoms with Crippen molar-refractivity contribution in [1.82, 2.24) is 9.55 Å². The highest BCUT2D eigenvalue weighted by Gasteiger charge is 2.11. The molecule has 0 aliphatic carbocycles. The number of fused-ring (bicyclic) bond motifs is 1. The number of nitrogens with one attached hydrogen (secondary N) is 1. The van der Waals surface area contributed by atoms with Crippen LogP contribution in [-0.2, 0) is 11.3 Å². The minimum Gasteiger partial charge on any atom is -0.385 e. The monoisotopic (exact) mass is 402 g/mol. The number of hydrogen-bond donors (Lipinski definition) is 1. The van der Waals surface area contributed by atoms with Crippen LogP contribution in [-0.4, -0.2) is 29.0 Å². The summed E-state index contributed by atoms with van der Waals surface area (Å²) in [7, 11) is 1.61. The zero-order chi connectivity index (χ0) is 20.1. The molecule has 28 heavy (non-hydrogen) atoms. The minimum absolute atomic E-state index is 0.156. The highest BCUT2D eigenvalue weighted by molar-refractivity contribution is 6.34. The minimum atomic E-state index is -0.419. The van der Waals surface area contributed by atoms with E-state index in [1.54, 1.807) is 38.3 Å². The summed E-state index contributed by atoms with van der Waals surface area (Å²) in [6.07, 6.45) is 0.650. The normalized spacial score (nSPS) is 11.8. The Hall–Kier alpha value is -2.77. The number of rotatable bonds is 7. The van der Waals surface area contributed by atoms with E-state index in [9.17, 15) is 9.18 Å². The van der Waals surface area contributed by atoms with Crippen LogP contribution in [0.4, 0.5) is 10.3 Å². The van der Waals surface area contributed by atoms with E-state index >= 15 is 0 Å². The van der Waals surface area contributed by atoms with E-state index in [0.717, 1.165) is 0 Å². The molecular formula is C20H20ClFN4O2. The highest BCUT2D eigenvalue weighted by Crippen LogP contribution is 2.18. The van der Waals surface area contributed by atoms with Crippen molar-refractivity contribution in [2.75, 3.05) is 19.1 Å². The lowest BCUT2D eigenvalue weighted by Crippen LogP contribution is -2.25. The van der Waals surface area contributed by atoms with Crippen LogP contribution in [0.2, 0.25) is 5.02 Å². The Morgan fingerprint density at radius 2 is 2.11 bits per heavy atom. The van der Waals surface area contributed by atoms with Crippen LogP contribution in [0.1, 0.15) is 18.9 Å². The molecule has 0 bridgehead atoms. The Morgan fingerprint density at radius 1 is 1.32 bits per heavy atom. The molecule has 1 heterocycles. The molecule has 0 unspecified atom stereocenters. The van der Waals surface area contributed by atoms with Crippen molar-refractivity contribution in [3.63, 3.8) is 0 Å². The lowest BCUT2D eigenvalue weighted by atomic mass is 10.1. The molecule has 1 aromatic heterocycles. The molecule has 146 valence electrons. The number of nitrogens with zero attached hydrogens (tertiary/aromatic N) is 3. The second kappa shape index (κ2) is 8.95. The van der Waals surface area contributed by atoms with Crippen LogP contribution in [0.15, 0.2) is 52.4 Å². The van der Waals surface area contributed by atoms with Gasteiger partial charge in [0, 0.05) is 25.8 Å². The van der Waals surface area contributed by atoms with Gasteiger partial charge in [0.1, 0.15) is 5.82 Å². The predicted molar refractivity (Wildman–Crippen MR) is 110 cm³/mol. The number of methoxy groups -OCH3 is 1. The molecule has 3 aromatic rings. The molecule has 0 amide bonds. The molecule has 1 N–H and O–H groups in total. The van der Waals surface area contributed by atoms with Crippen LogP contribution < -0.4 is 11.0 Å². The number of hydrogen-bond acceptors (Lipinski definition) is 5. The number of benzene rings is 2. The Balaban J connectivity index is 1.98. The molecule has 0 radical (unpaired) electrons. The van der Waals surface area contributed by atoms with Crippen molar-refractivity contribution in [2.24, 2.45) is 5.10 Å². The fraction of sp³-hybridized carbons (Fsp3) is 0.250. The van der Waals surface area contributed by atoms with Gasteiger partial charge >= 0.3 is 0 Å². The van der Waals surface area contributed by atoms with Crippen LogP contribution >= 0.6 is 11.6 Å². The molecule has 8 heteroatoms. The number of aromatic nitrogens is 2. The maximum absolute atomic E-state index is 13.3. The quantitative estimate of drug-likeness (QED) is 0.367. The molecule has 3 rings (SSSR count). The molecule has 0 saturated heterocycles. The second-order valence-corrected chi connectivity index (χ2v) is 6.60. The average Bonchev–Trinajstić information content (AvgIpc) is 2.68. The van der Waals surface area contributed by atoms with Crippen molar-refractivity contribution in [3.8, 4) is 0 Å². The van der Waals surface area contributed by atoms with Gasteiger partial charge in [0.05, 0.1) is 21.6 Å². The highest BCUT2D eigenvalue weighted by atomic mass is 35.5. The third-order valence-electron chi connectivity index (χ3n) is 4.24. The first-order valence-corrected chi connectivity index (χ1v) is 9.13. The Kier molecular flexibility index (Phi) is 6.38. The van der Waals surface area contributed by atoms with Gasteiger partial charge in [-0.25, -0.2) is 14.8 Å². The van der Waals surface area contributed by atoms with E-state index in [1.807, 2.05) is 6.07 Å². The van der Waals surface area contributed by atoms with E-state index < -0.39 is 5.82 Å². The van der Waals surface area contributed by atoms with E-state index in [-0.39, 0.29) is 10.6 Å². The maximum atomic E-state index is 13.3.